The topological polar surface area (TPSA) is 49.9 Å². The summed E-state index contributed by atoms with van der Waals surface area (Å²) in [5, 5.41) is -0.239. The first-order valence-electron chi connectivity index (χ1n) is 10.3. The summed E-state index contributed by atoms with van der Waals surface area (Å²) in [6, 6.07) is 13.9. The van der Waals surface area contributed by atoms with E-state index in [0.29, 0.717) is 10.7 Å². The molecular formula is C24H26N2O3S. The number of carbonyl (C=O) groups excluding carboxylic acids is 2. The predicted octanol–water partition coefficient (Wildman–Crippen LogP) is 5.23. The van der Waals surface area contributed by atoms with E-state index in [-0.39, 0.29) is 17.7 Å². The maximum Gasteiger partial charge on any atom is 0.293 e. The van der Waals surface area contributed by atoms with E-state index >= 15 is 0 Å². The molecule has 2 fully saturated rings. The SMILES string of the molecule is COc1cc(N2CCCCC2)ccc1/C=C1\SC(=O)N(Cc2cccc(C)c2)C1=O. The summed E-state index contributed by atoms with van der Waals surface area (Å²) in [7, 11) is 1.64. The lowest BCUT2D eigenvalue weighted by atomic mass is 10.1. The molecule has 0 unspecified atom stereocenters. The monoisotopic (exact) mass is 422 g/mol. The Morgan fingerprint density at radius 2 is 1.87 bits per heavy atom. The number of thioether (sulfide) groups is 1. The van der Waals surface area contributed by atoms with E-state index in [4.69, 9.17) is 4.74 Å². The highest BCUT2D eigenvalue weighted by Crippen LogP contribution is 2.36. The Kier molecular flexibility index (Phi) is 6.13. The molecule has 30 heavy (non-hydrogen) atoms. The maximum absolute atomic E-state index is 12.9. The van der Waals surface area contributed by atoms with Crippen LogP contribution in [0.15, 0.2) is 47.4 Å². The number of amides is 2. The molecule has 0 aliphatic carbocycles. The molecule has 2 heterocycles. The number of benzene rings is 2. The number of aryl methyl sites for hydroxylation is 1. The molecule has 0 atom stereocenters. The molecule has 2 saturated heterocycles. The van der Waals surface area contributed by atoms with E-state index in [2.05, 4.69) is 11.0 Å². The number of piperidine rings is 1. The fraction of sp³-hybridized carbons (Fsp3) is 0.333. The largest absolute Gasteiger partial charge is 0.496 e. The number of hydrogen-bond donors (Lipinski definition) is 0. The minimum Gasteiger partial charge on any atom is -0.496 e. The number of imide groups is 1. The van der Waals surface area contributed by atoms with E-state index in [0.717, 1.165) is 47.2 Å². The van der Waals surface area contributed by atoms with Crippen molar-refractivity contribution in [2.45, 2.75) is 32.7 Å². The van der Waals surface area contributed by atoms with Crippen molar-refractivity contribution in [3.8, 4) is 5.75 Å². The van der Waals surface area contributed by atoms with Crippen LogP contribution in [0.25, 0.3) is 6.08 Å². The van der Waals surface area contributed by atoms with Crippen LogP contribution in [0, 0.1) is 6.92 Å². The van der Waals surface area contributed by atoms with E-state index < -0.39 is 0 Å². The molecule has 0 N–H and O–H groups in total. The van der Waals surface area contributed by atoms with E-state index in [9.17, 15) is 9.59 Å². The Bertz CT molecular complexity index is 996. The number of rotatable bonds is 5. The highest BCUT2D eigenvalue weighted by atomic mass is 32.2. The van der Waals surface area contributed by atoms with Gasteiger partial charge in [-0.25, -0.2) is 0 Å². The van der Waals surface area contributed by atoms with Gasteiger partial charge in [0.05, 0.1) is 18.6 Å². The van der Waals surface area contributed by atoms with Crippen molar-refractivity contribution >= 4 is 34.7 Å². The van der Waals surface area contributed by atoms with Crippen LogP contribution < -0.4 is 9.64 Å². The summed E-state index contributed by atoms with van der Waals surface area (Å²) < 4.78 is 5.59. The van der Waals surface area contributed by atoms with Crippen molar-refractivity contribution in [1.82, 2.24) is 4.90 Å². The zero-order chi connectivity index (χ0) is 21.1. The summed E-state index contributed by atoms with van der Waals surface area (Å²) >= 11 is 0.984. The Hall–Kier alpha value is -2.73. The minimum absolute atomic E-state index is 0.239. The Labute approximate surface area is 181 Å². The molecular weight excluding hydrogens is 396 g/mol. The zero-order valence-corrected chi connectivity index (χ0v) is 18.2. The van der Waals surface area contributed by atoms with Crippen LogP contribution in [0.2, 0.25) is 0 Å². The molecule has 0 saturated carbocycles. The van der Waals surface area contributed by atoms with Gasteiger partial charge in [-0.1, -0.05) is 29.8 Å². The third kappa shape index (κ3) is 4.38. The van der Waals surface area contributed by atoms with Gasteiger partial charge < -0.3 is 9.64 Å². The van der Waals surface area contributed by atoms with Crippen LogP contribution in [-0.2, 0) is 11.3 Å². The quantitative estimate of drug-likeness (QED) is 0.618. The molecule has 156 valence electrons. The molecule has 2 aliphatic rings. The molecule has 0 radical (unpaired) electrons. The lowest BCUT2D eigenvalue weighted by molar-refractivity contribution is -0.123. The third-order valence-electron chi connectivity index (χ3n) is 5.52. The Morgan fingerprint density at radius 1 is 1.07 bits per heavy atom. The molecule has 0 bridgehead atoms. The van der Waals surface area contributed by atoms with Crippen LogP contribution in [0.4, 0.5) is 10.5 Å². The third-order valence-corrected chi connectivity index (χ3v) is 6.43. The van der Waals surface area contributed by atoms with Crippen molar-refractivity contribution < 1.29 is 14.3 Å². The molecule has 2 aromatic carbocycles. The van der Waals surface area contributed by atoms with Crippen LogP contribution in [-0.4, -0.2) is 36.2 Å². The van der Waals surface area contributed by atoms with Gasteiger partial charge in [0.25, 0.3) is 11.1 Å². The lowest BCUT2D eigenvalue weighted by Crippen LogP contribution is -2.29. The highest BCUT2D eigenvalue weighted by Gasteiger charge is 2.35. The van der Waals surface area contributed by atoms with E-state index in [1.165, 1.54) is 24.2 Å². The second kappa shape index (κ2) is 8.96. The minimum atomic E-state index is -0.256. The van der Waals surface area contributed by atoms with Crippen molar-refractivity contribution in [3.63, 3.8) is 0 Å². The average molecular weight is 423 g/mol. The number of anilines is 1. The van der Waals surface area contributed by atoms with Gasteiger partial charge in [-0.15, -0.1) is 0 Å². The van der Waals surface area contributed by atoms with Crippen LogP contribution in [0.1, 0.15) is 36.0 Å². The van der Waals surface area contributed by atoms with E-state index in [1.54, 1.807) is 13.2 Å². The van der Waals surface area contributed by atoms with Gasteiger partial charge in [0.15, 0.2) is 0 Å². The fourth-order valence-corrected chi connectivity index (χ4v) is 4.77. The Morgan fingerprint density at radius 3 is 2.60 bits per heavy atom. The summed E-state index contributed by atoms with van der Waals surface area (Å²) in [5.41, 5.74) is 3.99. The van der Waals surface area contributed by atoms with Gasteiger partial charge in [0.2, 0.25) is 0 Å². The summed E-state index contributed by atoms with van der Waals surface area (Å²) in [4.78, 5) is 29.5. The first-order chi connectivity index (χ1) is 14.5. The number of hydrogen-bond acceptors (Lipinski definition) is 5. The standard InChI is InChI=1S/C24H26N2O3S/c1-17-7-6-8-18(13-17)16-26-23(27)22(30-24(26)28)14-19-9-10-20(15-21(19)29-2)25-11-4-3-5-12-25/h6-10,13-15H,3-5,11-12,16H2,1-2H3/b22-14-. The molecule has 2 amide bonds. The molecule has 0 spiro atoms. The first-order valence-corrected chi connectivity index (χ1v) is 11.1. The van der Waals surface area contributed by atoms with Crippen molar-refractivity contribution in [1.29, 1.82) is 0 Å². The second-order valence-corrected chi connectivity index (χ2v) is 8.72. The van der Waals surface area contributed by atoms with Crippen LogP contribution in [0.3, 0.4) is 0 Å². The highest BCUT2D eigenvalue weighted by molar-refractivity contribution is 8.18. The van der Waals surface area contributed by atoms with Crippen LogP contribution in [0.5, 0.6) is 5.75 Å². The van der Waals surface area contributed by atoms with Gasteiger partial charge in [0.1, 0.15) is 5.75 Å². The second-order valence-electron chi connectivity index (χ2n) is 7.73. The van der Waals surface area contributed by atoms with Crippen molar-refractivity contribution in [2.24, 2.45) is 0 Å². The molecule has 5 nitrogen and oxygen atoms in total. The fourth-order valence-electron chi connectivity index (χ4n) is 3.94. The summed E-state index contributed by atoms with van der Waals surface area (Å²) in [6.07, 6.45) is 5.46. The summed E-state index contributed by atoms with van der Waals surface area (Å²) in [6.45, 7) is 4.40. The number of carbonyl (C=O) groups is 2. The van der Waals surface area contributed by atoms with Crippen molar-refractivity contribution in [2.75, 3.05) is 25.1 Å². The number of nitrogens with zero attached hydrogens (tertiary/aromatic N) is 2. The molecule has 0 aromatic heterocycles. The van der Waals surface area contributed by atoms with Gasteiger partial charge in [-0.2, -0.15) is 0 Å². The molecule has 4 rings (SSSR count). The number of methoxy groups -OCH3 is 1. The number of ether oxygens (including phenoxy) is 1. The van der Waals surface area contributed by atoms with Gasteiger partial charge >= 0.3 is 0 Å². The van der Waals surface area contributed by atoms with Crippen molar-refractivity contribution in [3.05, 3.63) is 64.1 Å². The van der Waals surface area contributed by atoms with Crippen LogP contribution >= 0.6 is 11.8 Å². The molecule has 2 aromatic rings. The normalized spacial score (nSPS) is 18.4. The first kappa shape index (κ1) is 20.5. The van der Waals surface area contributed by atoms with Gasteiger partial charge in [-0.05, 0) is 61.7 Å². The maximum atomic E-state index is 12.9. The van der Waals surface area contributed by atoms with Gasteiger partial charge in [0, 0.05) is 30.4 Å². The average Bonchev–Trinajstić information content (AvgIpc) is 3.02. The predicted molar refractivity (Wildman–Crippen MR) is 122 cm³/mol. The summed E-state index contributed by atoms with van der Waals surface area (Å²) in [5.74, 6) is 0.456. The Balaban J connectivity index is 1.55. The lowest BCUT2D eigenvalue weighted by Gasteiger charge is -2.29. The molecule has 6 heteroatoms. The van der Waals surface area contributed by atoms with E-state index in [1.807, 2.05) is 43.3 Å². The smallest absolute Gasteiger partial charge is 0.293 e. The molecule has 2 aliphatic heterocycles. The zero-order valence-electron chi connectivity index (χ0n) is 17.4. The van der Waals surface area contributed by atoms with Gasteiger partial charge in [-0.3, -0.25) is 14.5 Å².